The first-order chi connectivity index (χ1) is 11.4. The summed E-state index contributed by atoms with van der Waals surface area (Å²) < 4.78 is 41.6. The SMILES string of the molecule is CCC(Oc1ccc(F)cc1)C(=O)Nc1nnc(S(=O)(=O)CC)s1. The van der Waals surface area contributed by atoms with Crippen LogP contribution in [0.3, 0.4) is 0 Å². The first-order valence-corrected chi connectivity index (χ1v) is 9.62. The average molecular weight is 373 g/mol. The molecule has 0 aliphatic heterocycles. The van der Waals surface area contributed by atoms with Gasteiger partial charge in [0.1, 0.15) is 11.6 Å². The molecule has 1 atom stereocenters. The number of halogens is 1. The summed E-state index contributed by atoms with van der Waals surface area (Å²) in [5, 5.41) is 9.79. The molecule has 0 saturated heterocycles. The molecule has 1 N–H and O–H groups in total. The first-order valence-electron chi connectivity index (χ1n) is 7.15. The number of aromatic nitrogens is 2. The second-order valence-electron chi connectivity index (χ2n) is 4.73. The van der Waals surface area contributed by atoms with Crippen LogP contribution in [0, 0.1) is 5.82 Å². The van der Waals surface area contributed by atoms with Crippen LogP contribution in [0.4, 0.5) is 9.52 Å². The normalized spacial score (nSPS) is 12.6. The summed E-state index contributed by atoms with van der Waals surface area (Å²) in [7, 11) is -3.46. The van der Waals surface area contributed by atoms with Crippen molar-refractivity contribution >= 4 is 32.2 Å². The van der Waals surface area contributed by atoms with Gasteiger partial charge >= 0.3 is 0 Å². The van der Waals surface area contributed by atoms with Gasteiger partial charge in [0, 0.05) is 0 Å². The highest BCUT2D eigenvalue weighted by Gasteiger charge is 2.22. The summed E-state index contributed by atoms with van der Waals surface area (Å²) in [6.07, 6.45) is -0.465. The molecule has 1 aromatic carbocycles. The fraction of sp³-hybridized carbons (Fsp3) is 0.357. The Morgan fingerprint density at radius 3 is 2.54 bits per heavy atom. The van der Waals surface area contributed by atoms with E-state index >= 15 is 0 Å². The van der Waals surface area contributed by atoms with Crippen LogP contribution in [0.25, 0.3) is 0 Å². The number of hydrogen-bond donors (Lipinski definition) is 1. The maximum Gasteiger partial charge on any atom is 0.267 e. The summed E-state index contributed by atoms with van der Waals surface area (Å²) in [4.78, 5) is 12.2. The molecule has 2 rings (SSSR count). The molecule has 0 spiro atoms. The number of carbonyl (C=O) groups is 1. The van der Waals surface area contributed by atoms with Gasteiger partial charge in [0.15, 0.2) is 6.10 Å². The number of carbonyl (C=O) groups excluding carboxylic acids is 1. The number of hydrogen-bond acceptors (Lipinski definition) is 7. The monoisotopic (exact) mass is 373 g/mol. The zero-order valence-corrected chi connectivity index (χ0v) is 14.7. The Morgan fingerprint density at radius 2 is 1.96 bits per heavy atom. The molecule has 7 nitrogen and oxygen atoms in total. The van der Waals surface area contributed by atoms with Crippen LogP contribution >= 0.6 is 11.3 Å². The van der Waals surface area contributed by atoms with Crippen molar-refractivity contribution in [3.63, 3.8) is 0 Å². The quantitative estimate of drug-likeness (QED) is 0.748. The Hall–Kier alpha value is -2.07. The van der Waals surface area contributed by atoms with Gasteiger partial charge in [0.2, 0.25) is 19.3 Å². The Bertz CT molecular complexity index is 806. The van der Waals surface area contributed by atoms with Crippen LogP contribution in [0.2, 0.25) is 0 Å². The molecule has 1 heterocycles. The molecular formula is C14H16FN3O4S2. The molecule has 10 heteroatoms. The lowest BCUT2D eigenvalue weighted by Gasteiger charge is -2.16. The summed E-state index contributed by atoms with van der Waals surface area (Å²) in [6.45, 7) is 3.25. The Morgan fingerprint density at radius 1 is 1.29 bits per heavy atom. The molecule has 0 bridgehead atoms. The standard InChI is InChI=1S/C14H16FN3O4S2/c1-3-11(22-10-7-5-9(15)6-8-10)12(19)16-13-17-18-14(23-13)24(20,21)4-2/h5-8,11H,3-4H2,1-2H3,(H,16,17,19). The summed E-state index contributed by atoms with van der Waals surface area (Å²) in [5.41, 5.74) is 0. The Kier molecular flexibility index (Phi) is 5.84. The van der Waals surface area contributed by atoms with Crippen molar-refractivity contribution in [1.29, 1.82) is 0 Å². The first kappa shape index (κ1) is 18.3. The van der Waals surface area contributed by atoms with Crippen molar-refractivity contribution in [3.8, 4) is 5.75 Å². The van der Waals surface area contributed by atoms with Gasteiger partial charge in [-0.2, -0.15) is 0 Å². The maximum atomic E-state index is 12.9. The number of nitrogens with one attached hydrogen (secondary N) is 1. The molecule has 24 heavy (non-hydrogen) atoms. The number of amides is 1. The summed E-state index contributed by atoms with van der Waals surface area (Å²) in [5.74, 6) is -0.636. The predicted octanol–water partition coefficient (Wildman–Crippen LogP) is 2.27. The predicted molar refractivity (Wildman–Crippen MR) is 87.4 cm³/mol. The fourth-order valence-electron chi connectivity index (χ4n) is 1.70. The number of benzene rings is 1. The lowest BCUT2D eigenvalue weighted by atomic mass is 10.2. The highest BCUT2D eigenvalue weighted by Crippen LogP contribution is 2.22. The molecule has 0 saturated carbocycles. The minimum Gasteiger partial charge on any atom is -0.481 e. The van der Waals surface area contributed by atoms with Crippen molar-refractivity contribution in [2.24, 2.45) is 0 Å². The van der Waals surface area contributed by atoms with Gasteiger partial charge in [-0.25, -0.2) is 12.8 Å². The van der Waals surface area contributed by atoms with Crippen LogP contribution in [-0.2, 0) is 14.6 Å². The van der Waals surface area contributed by atoms with Crippen molar-refractivity contribution in [1.82, 2.24) is 10.2 Å². The number of rotatable bonds is 7. The largest absolute Gasteiger partial charge is 0.481 e. The molecule has 1 aromatic heterocycles. The van der Waals surface area contributed by atoms with E-state index in [1.165, 1.54) is 31.2 Å². The molecular weight excluding hydrogens is 357 g/mol. The van der Waals surface area contributed by atoms with Crippen LogP contribution in [0.15, 0.2) is 28.6 Å². The van der Waals surface area contributed by atoms with E-state index in [1.807, 2.05) is 0 Å². The van der Waals surface area contributed by atoms with Crippen LogP contribution in [-0.4, -0.2) is 36.4 Å². The van der Waals surface area contributed by atoms with Crippen LogP contribution in [0.1, 0.15) is 20.3 Å². The van der Waals surface area contributed by atoms with E-state index in [0.717, 1.165) is 11.3 Å². The van der Waals surface area contributed by atoms with Gasteiger partial charge in [0.25, 0.3) is 5.91 Å². The van der Waals surface area contributed by atoms with Gasteiger partial charge in [-0.05, 0) is 30.7 Å². The molecule has 0 radical (unpaired) electrons. The number of nitrogens with zero attached hydrogens (tertiary/aromatic N) is 2. The number of anilines is 1. The van der Waals surface area contributed by atoms with Crippen molar-refractivity contribution in [2.75, 3.05) is 11.1 Å². The zero-order valence-electron chi connectivity index (χ0n) is 13.0. The van der Waals surface area contributed by atoms with Gasteiger partial charge in [-0.15, -0.1) is 10.2 Å². The van der Waals surface area contributed by atoms with E-state index < -0.39 is 27.7 Å². The molecule has 0 fully saturated rings. The average Bonchev–Trinajstić information content (AvgIpc) is 3.03. The Labute approximate surface area is 142 Å². The van der Waals surface area contributed by atoms with E-state index in [2.05, 4.69) is 15.5 Å². The third kappa shape index (κ3) is 4.48. The minimum atomic E-state index is -3.46. The molecule has 1 unspecified atom stereocenters. The fourth-order valence-corrected chi connectivity index (χ4v) is 3.69. The maximum absolute atomic E-state index is 12.9. The lowest BCUT2D eigenvalue weighted by Crippen LogP contribution is -2.32. The van der Waals surface area contributed by atoms with E-state index in [0.29, 0.717) is 12.2 Å². The van der Waals surface area contributed by atoms with Gasteiger partial charge in [0.05, 0.1) is 5.75 Å². The van der Waals surface area contributed by atoms with Crippen LogP contribution < -0.4 is 10.1 Å². The van der Waals surface area contributed by atoms with Gasteiger partial charge in [-0.3, -0.25) is 10.1 Å². The molecule has 2 aromatic rings. The topological polar surface area (TPSA) is 98.2 Å². The van der Waals surface area contributed by atoms with Crippen molar-refractivity contribution < 1.29 is 22.3 Å². The van der Waals surface area contributed by atoms with E-state index in [1.54, 1.807) is 6.92 Å². The third-order valence-electron chi connectivity index (χ3n) is 3.04. The lowest BCUT2D eigenvalue weighted by molar-refractivity contribution is -0.122. The van der Waals surface area contributed by atoms with Gasteiger partial charge < -0.3 is 4.74 Å². The van der Waals surface area contributed by atoms with E-state index in [9.17, 15) is 17.6 Å². The molecule has 0 aliphatic carbocycles. The Balaban J connectivity index is 2.05. The molecule has 130 valence electrons. The smallest absolute Gasteiger partial charge is 0.267 e. The van der Waals surface area contributed by atoms with Crippen molar-refractivity contribution in [2.45, 2.75) is 30.7 Å². The second kappa shape index (κ2) is 7.67. The molecule has 1 amide bonds. The second-order valence-corrected chi connectivity index (χ2v) is 8.16. The molecule has 0 aliphatic rings. The number of sulfone groups is 1. The summed E-state index contributed by atoms with van der Waals surface area (Å²) in [6, 6.07) is 5.30. The minimum absolute atomic E-state index is 0.0770. The van der Waals surface area contributed by atoms with Gasteiger partial charge in [-0.1, -0.05) is 25.2 Å². The highest BCUT2D eigenvalue weighted by atomic mass is 32.2. The highest BCUT2D eigenvalue weighted by molar-refractivity contribution is 7.93. The summed E-state index contributed by atoms with van der Waals surface area (Å²) >= 11 is 0.782. The van der Waals surface area contributed by atoms with E-state index in [4.69, 9.17) is 4.74 Å². The zero-order chi connectivity index (χ0) is 17.7. The third-order valence-corrected chi connectivity index (χ3v) is 6.06. The number of ether oxygens (including phenoxy) is 1. The van der Waals surface area contributed by atoms with E-state index in [-0.39, 0.29) is 15.2 Å². The van der Waals surface area contributed by atoms with Crippen LogP contribution in [0.5, 0.6) is 5.75 Å². The van der Waals surface area contributed by atoms with Crippen molar-refractivity contribution in [3.05, 3.63) is 30.1 Å².